The van der Waals surface area contributed by atoms with Crippen LogP contribution < -0.4 is 10.8 Å². The van der Waals surface area contributed by atoms with Crippen LogP contribution in [0, 0.1) is 0 Å². The monoisotopic (exact) mass is 527 g/mol. The SMILES string of the molecule is O=C(CCCC(=O)Nc1ccc([C@@H]2O[C@H](CSc3ncn[nH]3)C[C@H](c3ccc(CO)cc3)O2)cc1)NO. The molecular weight excluding hydrogens is 498 g/mol. The number of hydroxylamine groups is 1. The highest BCUT2D eigenvalue weighted by molar-refractivity contribution is 7.99. The number of aromatic nitrogens is 3. The molecule has 0 unspecified atom stereocenters. The molecule has 0 spiro atoms. The quantitative estimate of drug-likeness (QED) is 0.143. The maximum atomic E-state index is 12.1. The van der Waals surface area contributed by atoms with Crippen LogP contribution in [0.2, 0.25) is 0 Å². The minimum atomic E-state index is -0.613. The van der Waals surface area contributed by atoms with Crippen LogP contribution in [-0.2, 0) is 25.7 Å². The van der Waals surface area contributed by atoms with Crippen LogP contribution in [0.5, 0.6) is 0 Å². The van der Waals surface area contributed by atoms with Crippen LogP contribution in [0.3, 0.4) is 0 Å². The molecule has 2 heterocycles. The number of nitrogens with zero attached hydrogens (tertiary/aromatic N) is 2. The standard InChI is InChI=1S/C25H29N5O6S/c31-13-16-4-6-17(7-5-16)21-12-20(14-37-25-26-15-27-29-25)35-24(36-21)18-8-10-19(11-9-18)28-22(32)2-1-3-23(33)30-34/h4-11,15,20-21,24,31,34H,1-3,12-14H2,(H,28,32)(H,30,33)(H,26,27,29)/t20-,21+,24+/m0/s1. The molecule has 1 aliphatic rings. The zero-order chi connectivity index (χ0) is 26.0. The molecule has 1 aliphatic heterocycles. The summed E-state index contributed by atoms with van der Waals surface area (Å²) in [5, 5.41) is 28.1. The molecule has 37 heavy (non-hydrogen) atoms. The van der Waals surface area contributed by atoms with Crippen molar-refractivity contribution in [2.24, 2.45) is 0 Å². The fourth-order valence-corrected chi connectivity index (χ4v) is 4.67. The molecule has 1 saturated heterocycles. The van der Waals surface area contributed by atoms with Crippen molar-refractivity contribution in [1.29, 1.82) is 0 Å². The molecule has 5 N–H and O–H groups in total. The predicted octanol–water partition coefficient (Wildman–Crippen LogP) is 3.25. The van der Waals surface area contributed by atoms with E-state index in [9.17, 15) is 14.7 Å². The van der Waals surface area contributed by atoms with Crippen molar-refractivity contribution in [1.82, 2.24) is 20.7 Å². The number of ether oxygens (including phenoxy) is 2. The summed E-state index contributed by atoms with van der Waals surface area (Å²) in [5.74, 6) is -0.0905. The van der Waals surface area contributed by atoms with Crippen molar-refractivity contribution in [3.63, 3.8) is 0 Å². The van der Waals surface area contributed by atoms with Gasteiger partial charge in [-0.15, -0.1) is 0 Å². The summed E-state index contributed by atoms with van der Waals surface area (Å²) in [6.45, 7) is -0.0190. The summed E-state index contributed by atoms with van der Waals surface area (Å²) in [7, 11) is 0. The summed E-state index contributed by atoms with van der Waals surface area (Å²) in [6, 6.07) is 14.9. The minimum Gasteiger partial charge on any atom is -0.392 e. The van der Waals surface area contributed by atoms with E-state index in [0.717, 1.165) is 16.7 Å². The van der Waals surface area contributed by atoms with Gasteiger partial charge in [-0.3, -0.25) is 19.9 Å². The summed E-state index contributed by atoms with van der Waals surface area (Å²) in [5.41, 5.74) is 4.81. The zero-order valence-electron chi connectivity index (χ0n) is 20.0. The third kappa shape index (κ3) is 7.84. The zero-order valence-corrected chi connectivity index (χ0v) is 20.8. The van der Waals surface area contributed by atoms with Crippen LogP contribution >= 0.6 is 11.8 Å². The normalized spacial score (nSPS) is 19.4. The van der Waals surface area contributed by atoms with Crippen molar-refractivity contribution in [3.05, 3.63) is 71.5 Å². The highest BCUT2D eigenvalue weighted by Gasteiger charge is 2.32. The maximum absolute atomic E-state index is 12.1. The lowest BCUT2D eigenvalue weighted by molar-refractivity contribution is -0.245. The van der Waals surface area contributed by atoms with Gasteiger partial charge in [0.05, 0.1) is 18.8 Å². The van der Waals surface area contributed by atoms with Crippen molar-refractivity contribution >= 4 is 29.3 Å². The van der Waals surface area contributed by atoms with Crippen LogP contribution in [0.25, 0.3) is 0 Å². The number of benzene rings is 2. The van der Waals surface area contributed by atoms with Crippen LogP contribution in [0.4, 0.5) is 5.69 Å². The topological polar surface area (TPSA) is 159 Å². The van der Waals surface area contributed by atoms with Crippen molar-refractivity contribution in [2.45, 2.75) is 55.9 Å². The maximum Gasteiger partial charge on any atom is 0.243 e. The Kier molecular flexibility index (Phi) is 9.63. The molecule has 196 valence electrons. The van der Waals surface area contributed by atoms with E-state index in [1.54, 1.807) is 17.6 Å². The number of hydrogen-bond donors (Lipinski definition) is 5. The Morgan fingerprint density at radius 1 is 1.03 bits per heavy atom. The molecule has 1 aromatic heterocycles. The van der Waals surface area contributed by atoms with E-state index >= 15 is 0 Å². The average molecular weight is 528 g/mol. The summed E-state index contributed by atoms with van der Waals surface area (Å²) < 4.78 is 12.6. The van der Waals surface area contributed by atoms with Gasteiger partial charge in [0.1, 0.15) is 6.33 Å². The largest absolute Gasteiger partial charge is 0.392 e. The lowest BCUT2D eigenvalue weighted by Gasteiger charge is -2.36. The molecule has 0 radical (unpaired) electrons. The smallest absolute Gasteiger partial charge is 0.243 e. The van der Waals surface area contributed by atoms with E-state index in [4.69, 9.17) is 14.7 Å². The number of aliphatic hydroxyl groups is 1. The van der Waals surface area contributed by atoms with E-state index in [1.807, 2.05) is 36.4 Å². The second kappa shape index (κ2) is 13.3. The first kappa shape index (κ1) is 26.8. The highest BCUT2D eigenvalue weighted by atomic mass is 32.2. The van der Waals surface area contributed by atoms with Gasteiger partial charge in [0.25, 0.3) is 0 Å². The number of rotatable bonds is 11. The minimum absolute atomic E-state index is 0.0190. The second-order valence-corrected chi connectivity index (χ2v) is 9.52. The summed E-state index contributed by atoms with van der Waals surface area (Å²) in [4.78, 5) is 27.4. The molecule has 2 amide bonds. The first-order valence-electron chi connectivity index (χ1n) is 11.9. The number of thioether (sulfide) groups is 1. The third-order valence-corrected chi connectivity index (χ3v) is 6.82. The molecule has 12 heteroatoms. The molecular formula is C25H29N5O6S. The lowest BCUT2D eigenvalue weighted by Crippen LogP contribution is -2.31. The molecule has 3 atom stereocenters. The highest BCUT2D eigenvalue weighted by Crippen LogP contribution is 2.39. The molecule has 3 aromatic rings. The number of carbonyl (C=O) groups excluding carboxylic acids is 2. The van der Waals surface area contributed by atoms with Crippen LogP contribution in [0.1, 0.15) is 54.8 Å². The van der Waals surface area contributed by atoms with E-state index in [2.05, 4.69) is 20.5 Å². The Bertz CT molecular complexity index is 1140. The fourth-order valence-electron chi connectivity index (χ4n) is 3.87. The van der Waals surface area contributed by atoms with Crippen molar-refractivity contribution in [2.75, 3.05) is 11.1 Å². The van der Waals surface area contributed by atoms with Gasteiger partial charge < -0.3 is 19.9 Å². The van der Waals surface area contributed by atoms with Gasteiger partial charge in [-0.05, 0) is 29.7 Å². The van der Waals surface area contributed by atoms with Gasteiger partial charge in [0.2, 0.25) is 11.8 Å². The molecule has 0 aliphatic carbocycles. The van der Waals surface area contributed by atoms with Gasteiger partial charge in [0, 0.05) is 36.3 Å². The Morgan fingerprint density at radius 3 is 2.43 bits per heavy atom. The lowest BCUT2D eigenvalue weighted by atomic mass is 10.0. The van der Waals surface area contributed by atoms with Crippen LogP contribution in [0.15, 0.2) is 60.0 Å². The molecule has 4 rings (SSSR count). The number of hydrogen-bond acceptors (Lipinski definition) is 9. The average Bonchev–Trinajstić information content (AvgIpc) is 3.46. The number of H-pyrrole nitrogens is 1. The third-order valence-electron chi connectivity index (χ3n) is 5.81. The fraction of sp³-hybridized carbons (Fsp3) is 0.360. The summed E-state index contributed by atoms with van der Waals surface area (Å²) >= 11 is 1.52. The van der Waals surface area contributed by atoms with Gasteiger partial charge in [-0.25, -0.2) is 10.5 Å². The van der Waals surface area contributed by atoms with Crippen molar-refractivity contribution in [3.8, 4) is 0 Å². The van der Waals surface area contributed by atoms with E-state index in [-0.39, 0.29) is 37.6 Å². The van der Waals surface area contributed by atoms with Crippen LogP contribution in [-0.4, -0.2) is 49.2 Å². The Labute approximate surface area is 217 Å². The van der Waals surface area contributed by atoms with Gasteiger partial charge in [-0.2, -0.15) is 5.10 Å². The first-order chi connectivity index (χ1) is 18.0. The molecule has 0 saturated carbocycles. The first-order valence-corrected chi connectivity index (χ1v) is 12.8. The van der Waals surface area contributed by atoms with Crippen molar-refractivity contribution < 1.29 is 29.4 Å². The van der Waals surface area contributed by atoms with Gasteiger partial charge >= 0.3 is 0 Å². The Hall–Kier alpha value is -3.29. The molecule has 11 nitrogen and oxygen atoms in total. The molecule has 2 aromatic carbocycles. The van der Waals surface area contributed by atoms with E-state index < -0.39 is 12.2 Å². The number of anilines is 1. The Morgan fingerprint density at radius 2 is 1.76 bits per heavy atom. The number of carbonyl (C=O) groups is 2. The molecule has 1 fully saturated rings. The Balaban J connectivity index is 1.41. The number of aromatic amines is 1. The second-order valence-electron chi connectivity index (χ2n) is 8.51. The number of aliphatic hydroxyl groups excluding tert-OH is 1. The molecule has 0 bridgehead atoms. The number of amides is 2. The summed E-state index contributed by atoms with van der Waals surface area (Å²) in [6.07, 6.45) is 1.73. The van der Waals surface area contributed by atoms with Gasteiger partial charge in [0.15, 0.2) is 11.4 Å². The predicted molar refractivity (Wildman–Crippen MR) is 134 cm³/mol. The number of nitrogens with one attached hydrogen (secondary N) is 3. The van der Waals surface area contributed by atoms with Gasteiger partial charge in [-0.1, -0.05) is 48.2 Å². The van der Waals surface area contributed by atoms with E-state index in [0.29, 0.717) is 29.4 Å². The van der Waals surface area contributed by atoms with E-state index in [1.165, 1.54) is 18.1 Å².